The second-order valence-corrected chi connectivity index (χ2v) is 5.54. The molecule has 3 heteroatoms. The summed E-state index contributed by atoms with van der Waals surface area (Å²) in [6.07, 6.45) is 5.80. The van der Waals surface area contributed by atoms with Crippen LogP contribution < -0.4 is 0 Å². The lowest BCUT2D eigenvalue weighted by Gasteiger charge is -2.33. The minimum Gasteiger partial charge on any atom is -0.504 e. The second-order valence-electron chi connectivity index (χ2n) is 5.54. The fourth-order valence-corrected chi connectivity index (χ4v) is 2.93. The highest BCUT2D eigenvalue weighted by atomic mass is 16.3. The summed E-state index contributed by atoms with van der Waals surface area (Å²) in [6.45, 7) is 3.88. The van der Waals surface area contributed by atoms with E-state index in [1.165, 1.54) is 0 Å². The third-order valence-electron chi connectivity index (χ3n) is 3.97. The third kappa shape index (κ3) is 2.26. The maximum absolute atomic E-state index is 12.3. The number of allylic oxidation sites excluding steroid dienone is 4. The molecule has 2 unspecified atom stereocenters. The van der Waals surface area contributed by atoms with E-state index in [0.29, 0.717) is 12.0 Å². The maximum atomic E-state index is 12.3. The minimum atomic E-state index is -0.277. The van der Waals surface area contributed by atoms with E-state index in [0.717, 1.165) is 31.3 Å². The number of hydrogen-bond acceptors (Lipinski definition) is 3. The number of hydrogen-bond donors (Lipinski definition) is 1. The molecule has 1 N–H and O–H groups in total. The van der Waals surface area contributed by atoms with Crippen LogP contribution in [0.2, 0.25) is 0 Å². The Balaban J connectivity index is 2.32. The molecule has 0 aromatic rings. The van der Waals surface area contributed by atoms with E-state index < -0.39 is 0 Å². The molecule has 0 aromatic carbocycles. The van der Waals surface area contributed by atoms with Crippen molar-refractivity contribution in [2.75, 3.05) is 0 Å². The topological polar surface area (TPSA) is 54.4 Å². The van der Waals surface area contributed by atoms with E-state index in [9.17, 15) is 14.7 Å². The first-order valence-corrected chi connectivity index (χ1v) is 6.66. The van der Waals surface area contributed by atoms with Gasteiger partial charge in [0.1, 0.15) is 0 Å². The molecule has 1 fully saturated rings. The Morgan fingerprint density at radius 3 is 2.28 bits per heavy atom. The van der Waals surface area contributed by atoms with Gasteiger partial charge in [-0.3, -0.25) is 9.59 Å². The second kappa shape index (κ2) is 5.09. The first-order chi connectivity index (χ1) is 8.52. The van der Waals surface area contributed by atoms with Gasteiger partial charge in [-0.2, -0.15) is 0 Å². The Morgan fingerprint density at radius 2 is 1.72 bits per heavy atom. The fraction of sp³-hybridized carbons (Fsp3) is 0.600. The van der Waals surface area contributed by atoms with Crippen LogP contribution in [0.15, 0.2) is 23.0 Å². The van der Waals surface area contributed by atoms with Gasteiger partial charge >= 0.3 is 0 Å². The van der Waals surface area contributed by atoms with E-state index in [1.54, 1.807) is 0 Å². The zero-order chi connectivity index (χ0) is 13.3. The lowest BCUT2D eigenvalue weighted by molar-refractivity contribution is -0.134. The summed E-state index contributed by atoms with van der Waals surface area (Å²) in [5.41, 5.74) is 1.41. The number of carbonyl (C=O) groups is 2. The zero-order valence-corrected chi connectivity index (χ0v) is 11.0. The standard InChI is InChI=1S/C15H20O3/c1-9(2)7-8-12-13(16)10-5-3-4-6-11(10)14(17)15(12)18/h7,10-11,18H,3-6,8H2,1-2H3. The first kappa shape index (κ1) is 13.1. The fourth-order valence-electron chi connectivity index (χ4n) is 2.93. The lowest BCUT2D eigenvalue weighted by atomic mass is 9.69. The van der Waals surface area contributed by atoms with Crippen LogP contribution in [0.25, 0.3) is 0 Å². The monoisotopic (exact) mass is 248 g/mol. The molecule has 18 heavy (non-hydrogen) atoms. The molecule has 0 spiro atoms. The maximum Gasteiger partial charge on any atom is 0.201 e. The molecule has 0 aliphatic heterocycles. The highest BCUT2D eigenvalue weighted by Gasteiger charge is 2.43. The van der Waals surface area contributed by atoms with E-state index in [4.69, 9.17) is 0 Å². The van der Waals surface area contributed by atoms with Gasteiger partial charge in [-0.25, -0.2) is 0 Å². The molecule has 1 saturated carbocycles. The predicted molar refractivity (Wildman–Crippen MR) is 69.2 cm³/mol. The van der Waals surface area contributed by atoms with Crippen molar-refractivity contribution >= 4 is 11.6 Å². The van der Waals surface area contributed by atoms with E-state index in [2.05, 4.69) is 0 Å². The molecule has 0 bridgehead atoms. The van der Waals surface area contributed by atoms with Crippen molar-refractivity contribution in [1.29, 1.82) is 0 Å². The molecule has 0 saturated heterocycles. The molecule has 3 nitrogen and oxygen atoms in total. The molecular weight excluding hydrogens is 228 g/mol. The molecular formula is C15H20O3. The van der Waals surface area contributed by atoms with Gasteiger partial charge in [0.2, 0.25) is 5.78 Å². The van der Waals surface area contributed by atoms with Gasteiger partial charge in [0, 0.05) is 17.4 Å². The largest absolute Gasteiger partial charge is 0.504 e. The van der Waals surface area contributed by atoms with Gasteiger partial charge in [-0.15, -0.1) is 0 Å². The van der Waals surface area contributed by atoms with Gasteiger partial charge in [0.15, 0.2) is 11.5 Å². The summed E-state index contributed by atoms with van der Waals surface area (Å²) in [5, 5.41) is 9.94. The molecule has 0 radical (unpaired) electrons. The summed E-state index contributed by atoms with van der Waals surface area (Å²) in [6, 6.07) is 0. The summed E-state index contributed by atoms with van der Waals surface area (Å²) >= 11 is 0. The van der Waals surface area contributed by atoms with Crippen molar-refractivity contribution in [3.63, 3.8) is 0 Å². The van der Waals surface area contributed by atoms with E-state index >= 15 is 0 Å². The number of carbonyl (C=O) groups excluding carboxylic acids is 2. The van der Waals surface area contributed by atoms with Crippen molar-refractivity contribution in [2.45, 2.75) is 46.0 Å². The van der Waals surface area contributed by atoms with E-state index in [1.807, 2.05) is 19.9 Å². The third-order valence-corrected chi connectivity index (χ3v) is 3.97. The Bertz CT molecular complexity index is 439. The smallest absolute Gasteiger partial charge is 0.201 e. The zero-order valence-electron chi connectivity index (χ0n) is 11.0. The summed E-state index contributed by atoms with van der Waals surface area (Å²) in [5.74, 6) is -0.934. The highest BCUT2D eigenvalue weighted by molar-refractivity contribution is 6.12. The first-order valence-electron chi connectivity index (χ1n) is 6.66. The predicted octanol–water partition coefficient (Wildman–Crippen LogP) is 3.11. The Morgan fingerprint density at radius 1 is 1.17 bits per heavy atom. The SMILES string of the molecule is CC(C)=CCC1=C(O)C(=O)C2CCCCC2C1=O. The minimum absolute atomic E-state index is 0.00528. The number of aliphatic hydroxyl groups is 1. The van der Waals surface area contributed by atoms with Gasteiger partial charge in [-0.05, 0) is 33.1 Å². The quantitative estimate of drug-likeness (QED) is 0.764. The summed E-state index contributed by atoms with van der Waals surface area (Å²) < 4.78 is 0. The molecule has 2 atom stereocenters. The molecule has 2 aliphatic rings. The van der Waals surface area contributed by atoms with Crippen LogP contribution in [-0.2, 0) is 9.59 Å². The number of fused-ring (bicyclic) bond motifs is 1. The van der Waals surface area contributed by atoms with Gasteiger partial charge in [-0.1, -0.05) is 24.5 Å². The Kier molecular flexibility index (Phi) is 3.69. The van der Waals surface area contributed by atoms with Crippen LogP contribution in [0.3, 0.4) is 0 Å². The average Bonchev–Trinajstić information content (AvgIpc) is 2.36. The molecule has 98 valence electrons. The van der Waals surface area contributed by atoms with Crippen molar-refractivity contribution in [1.82, 2.24) is 0 Å². The number of aliphatic hydroxyl groups excluding tert-OH is 1. The van der Waals surface area contributed by atoms with E-state index in [-0.39, 0.29) is 29.2 Å². The summed E-state index contributed by atoms with van der Waals surface area (Å²) in [4.78, 5) is 24.4. The van der Waals surface area contributed by atoms with Crippen molar-refractivity contribution < 1.29 is 14.7 Å². The average molecular weight is 248 g/mol. The normalized spacial score (nSPS) is 28.1. The van der Waals surface area contributed by atoms with Crippen molar-refractivity contribution in [2.24, 2.45) is 11.8 Å². The van der Waals surface area contributed by atoms with Crippen LogP contribution in [-0.4, -0.2) is 16.7 Å². The van der Waals surface area contributed by atoms with Crippen LogP contribution in [0.1, 0.15) is 46.0 Å². The molecule has 0 amide bonds. The molecule has 2 rings (SSSR count). The summed E-state index contributed by atoms with van der Waals surface area (Å²) in [7, 11) is 0. The van der Waals surface area contributed by atoms with Crippen LogP contribution in [0, 0.1) is 11.8 Å². The number of ketones is 2. The lowest BCUT2D eigenvalue weighted by Crippen LogP contribution is -2.39. The number of Topliss-reactive ketones (excluding diaryl/α,β-unsaturated/α-hetero) is 2. The van der Waals surface area contributed by atoms with Crippen LogP contribution in [0.4, 0.5) is 0 Å². The van der Waals surface area contributed by atoms with Gasteiger partial charge < -0.3 is 5.11 Å². The van der Waals surface area contributed by atoms with Gasteiger partial charge in [0.25, 0.3) is 0 Å². The van der Waals surface area contributed by atoms with Crippen LogP contribution >= 0.6 is 0 Å². The Hall–Kier alpha value is -1.38. The Labute approximate surface area is 108 Å². The molecule has 0 aromatic heterocycles. The highest BCUT2D eigenvalue weighted by Crippen LogP contribution is 2.39. The van der Waals surface area contributed by atoms with Crippen LogP contribution in [0.5, 0.6) is 0 Å². The van der Waals surface area contributed by atoms with Crippen molar-refractivity contribution in [3.8, 4) is 0 Å². The number of rotatable bonds is 2. The molecule has 2 aliphatic carbocycles. The molecule has 0 heterocycles. The van der Waals surface area contributed by atoms with Gasteiger partial charge in [0.05, 0.1) is 0 Å². The van der Waals surface area contributed by atoms with Crippen molar-refractivity contribution in [3.05, 3.63) is 23.0 Å².